The molecular weight excluding hydrogens is 275 g/mol. The Labute approximate surface area is 117 Å². The summed E-state index contributed by atoms with van der Waals surface area (Å²) in [6.45, 7) is 5.63. The number of hydrogen-bond acceptors (Lipinski definition) is 1. The molecule has 1 rings (SSSR count). The average molecular weight is 294 g/mol. The second-order valence-corrected chi connectivity index (χ2v) is 5.18. The molecule has 0 spiro atoms. The molecule has 0 N–H and O–H groups in total. The van der Waals surface area contributed by atoms with E-state index in [4.69, 9.17) is 11.6 Å². The van der Waals surface area contributed by atoms with E-state index in [9.17, 15) is 13.2 Å². The molecule has 0 radical (unpaired) electrons. The van der Waals surface area contributed by atoms with E-state index in [0.29, 0.717) is 18.5 Å². The van der Waals surface area contributed by atoms with Gasteiger partial charge in [0, 0.05) is 18.5 Å². The summed E-state index contributed by atoms with van der Waals surface area (Å²) in [6, 6.07) is 5.69. The van der Waals surface area contributed by atoms with Gasteiger partial charge in [0.05, 0.1) is 5.56 Å². The van der Waals surface area contributed by atoms with Crippen molar-refractivity contribution in [1.29, 1.82) is 0 Å². The van der Waals surface area contributed by atoms with Crippen LogP contribution in [0, 0.1) is 0 Å². The van der Waals surface area contributed by atoms with Crippen LogP contribution in [0.25, 0.3) is 0 Å². The fourth-order valence-corrected chi connectivity index (χ4v) is 1.94. The topological polar surface area (TPSA) is 3.24 Å². The molecule has 5 heteroatoms. The molecule has 0 aliphatic heterocycles. The van der Waals surface area contributed by atoms with Crippen LogP contribution < -0.4 is 0 Å². The number of benzene rings is 1. The van der Waals surface area contributed by atoms with Crippen LogP contribution in [-0.2, 0) is 12.7 Å². The van der Waals surface area contributed by atoms with Crippen molar-refractivity contribution in [3.63, 3.8) is 0 Å². The molecule has 19 heavy (non-hydrogen) atoms. The predicted octanol–water partition coefficient (Wildman–Crippen LogP) is 4.54. The smallest absolute Gasteiger partial charge is 0.297 e. The monoisotopic (exact) mass is 293 g/mol. The van der Waals surface area contributed by atoms with Crippen LogP contribution >= 0.6 is 11.6 Å². The van der Waals surface area contributed by atoms with Crippen LogP contribution in [-0.4, -0.2) is 23.4 Å². The van der Waals surface area contributed by atoms with Gasteiger partial charge in [0.25, 0.3) is 0 Å². The van der Waals surface area contributed by atoms with Crippen molar-refractivity contribution in [2.45, 2.75) is 39.0 Å². The van der Waals surface area contributed by atoms with E-state index in [-0.39, 0.29) is 0 Å². The van der Waals surface area contributed by atoms with Crippen molar-refractivity contribution in [2.24, 2.45) is 0 Å². The van der Waals surface area contributed by atoms with Gasteiger partial charge in [0.1, 0.15) is 0 Å². The van der Waals surface area contributed by atoms with E-state index in [1.165, 1.54) is 0 Å². The second-order valence-electron chi connectivity index (χ2n) is 4.80. The van der Waals surface area contributed by atoms with E-state index in [0.717, 1.165) is 30.7 Å². The number of alkyl halides is 4. The van der Waals surface area contributed by atoms with Gasteiger partial charge in [-0.15, -0.1) is 11.6 Å². The maximum atomic E-state index is 12.5. The maximum Gasteiger partial charge on any atom is 0.416 e. The average Bonchev–Trinajstić information content (AvgIpc) is 2.33. The van der Waals surface area contributed by atoms with Crippen molar-refractivity contribution >= 4 is 11.6 Å². The molecule has 0 aliphatic rings. The highest BCUT2D eigenvalue weighted by atomic mass is 35.5. The van der Waals surface area contributed by atoms with Gasteiger partial charge in [0.15, 0.2) is 0 Å². The van der Waals surface area contributed by atoms with Crippen molar-refractivity contribution in [3.05, 3.63) is 35.4 Å². The minimum atomic E-state index is -4.27. The van der Waals surface area contributed by atoms with E-state index < -0.39 is 11.7 Å². The first kappa shape index (κ1) is 16.3. The first-order valence-electron chi connectivity index (χ1n) is 6.30. The highest BCUT2D eigenvalue weighted by Gasteiger charge is 2.29. The Morgan fingerprint density at radius 3 is 2.16 bits per heavy atom. The Balaban J connectivity index is 2.69. The Morgan fingerprint density at radius 2 is 1.74 bits per heavy atom. The summed E-state index contributed by atoms with van der Waals surface area (Å²) in [5.41, 5.74) is 0.282. The van der Waals surface area contributed by atoms with Crippen molar-refractivity contribution in [1.82, 2.24) is 4.90 Å². The Bertz CT molecular complexity index is 373. The largest absolute Gasteiger partial charge is 0.416 e. The Hall–Kier alpha value is -0.740. The first-order chi connectivity index (χ1) is 8.84. The van der Waals surface area contributed by atoms with E-state index in [1.54, 1.807) is 12.1 Å². The molecule has 0 unspecified atom stereocenters. The minimum absolute atomic E-state index is 0.338. The van der Waals surface area contributed by atoms with E-state index >= 15 is 0 Å². The molecule has 0 amide bonds. The Kier molecular flexibility index (Phi) is 6.14. The first-order valence-corrected chi connectivity index (χ1v) is 6.84. The maximum absolute atomic E-state index is 12.5. The standard InChI is InChI=1S/C14H19ClF3N/c1-11(2)19(9-3-8-15)10-12-4-6-13(7-5-12)14(16,17)18/h4-7,11H,3,8-10H2,1-2H3. The quantitative estimate of drug-likeness (QED) is 0.696. The summed E-state index contributed by atoms with van der Waals surface area (Å²) >= 11 is 5.67. The van der Waals surface area contributed by atoms with Gasteiger partial charge >= 0.3 is 6.18 Å². The van der Waals surface area contributed by atoms with Crippen LogP contribution in [0.3, 0.4) is 0 Å². The van der Waals surface area contributed by atoms with Gasteiger partial charge in [-0.2, -0.15) is 13.2 Å². The molecule has 1 aromatic rings. The molecule has 0 atom stereocenters. The highest BCUT2D eigenvalue weighted by molar-refractivity contribution is 6.17. The number of rotatable bonds is 6. The second kappa shape index (κ2) is 7.15. The summed E-state index contributed by atoms with van der Waals surface area (Å²) in [6.07, 6.45) is -3.39. The zero-order valence-corrected chi connectivity index (χ0v) is 11.9. The lowest BCUT2D eigenvalue weighted by Crippen LogP contribution is -2.31. The van der Waals surface area contributed by atoms with Crippen molar-refractivity contribution < 1.29 is 13.2 Å². The molecule has 0 saturated heterocycles. The summed E-state index contributed by atoms with van der Waals surface area (Å²) in [7, 11) is 0. The zero-order chi connectivity index (χ0) is 14.5. The molecule has 0 aromatic heterocycles. The van der Waals surface area contributed by atoms with Gasteiger partial charge in [-0.3, -0.25) is 4.90 Å². The van der Waals surface area contributed by atoms with Gasteiger partial charge in [-0.25, -0.2) is 0 Å². The summed E-state index contributed by atoms with van der Waals surface area (Å²) in [5.74, 6) is 0.593. The fraction of sp³-hybridized carbons (Fsp3) is 0.571. The van der Waals surface area contributed by atoms with Crippen LogP contribution in [0.5, 0.6) is 0 Å². The molecule has 108 valence electrons. The predicted molar refractivity (Wildman–Crippen MR) is 72.3 cm³/mol. The number of hydrogen-bond donors (Lipinski definition) is 0. The van der Waals surface area contributed by atoms with Crippen LogP contribution in [0.15, 0.2) is 24.3 Å². The van der Waals surface area contributed by atoms with E-state index in [1.807, 2.05) is 0 Å². The van der Waals surface area contributed by atoms with Crippen LogP contribution in [0.2, 0.25) is 0 Å². The molecule has 0 bridgehead atoms. The van der Waals surface area contributed by atoms with Crippen molar-refractivity contribution in [3.8, 4) is 0 Å². The van der Waals surface area contributed by atoms with Crippen molar-refractivity contribution in [2.75, 3.05) is 12.4 Å². The Morgan fingerprint density at radius 1 is 1.16 bits per heavy atom. The van der Waals surface area contributed by atoms with Gasteiger partial charge in [-0.1, -0.05) is 12.1 Å². The summed E-state index contributed by atoms with van der Waals surface area (Å²) < 4.78 is 37.4. The van der Waals surface area contributed by atoms with Crippen LogP contribution in [0.1, 0.15) is 31.4 Å². The molecular formula is C14H19ClF3N. The molecule has 0 fully saturated rings. The van der Waals surface area contributed by atoms with Gasteiger partial charge in [0.2, 0.25) is 0 Å². The number of halogens is 4. The molecule has 0 aliphatic carbocycles. The number of nitrogens with zero attached hydrogens (tertiary/aromatic N) is 1. The van der Waals surface area contributed by atoms with Gasteiger partial charge in [-0.05, 0) is 44.5 Å². The third-order valence-corrected chi connectivity index (χ3v) is 3.24. The lowest BCUT2D eigenvalue weighted by atomic mass is 10.1. The van der Waals surface area contributed by atoms with Gasteiger partial charge < -0.3 is 0 Å². The minimum Gasteiger partial charge on any atom is -0.297 e. The van der Waals surface area contributed by atoms with E-state index in [2.05, 4.69) is 18.7 Å². The lowest BCUT2D eigenvalue weighted by molar-refractivity contribution is -0.137. The molecule has 0 heterocycles. The fourth-order valence-electron chi connectivity index (χ4n) is 1.82. The lowest BCUT2D eigenvalue weighted by Gasteiger charge is -2.26. The normalized spacial score (nSPS) is 12.4. The molecule has 1 nitrogen and oxygen atoms in total. The molecule has 0 saturated carbocycles. The third kappa shape index (κ3) is 5.41. The summed E-state index contributed by atoms with van der Waals surface area (Å²) in [5, 5.41) is 0. The highest BCUT2D eigenvalue weighted by Crippen LogP contribution is 2.29. The zero-order valence-electron chi connectivity index (χ0n) is 11.2. The summed E-state index contributed by atoms with van der Waals surface area (Å²) in [4.78, 5) is 2.20. The SMILES string of the molecule is CC(C)N(CCCCl)Cc1ccc(C(F)(F)F)cc1. The molecule has 1 aromatic carbocycles. The van der Waals surface area contributed by atoms with Crippen LogP contribution in [0.4, 0.5) is 13.2 Å². The third-order valence-electron chi connectivity index (χ3n) is 2.98.